The van der Waals surface area contributed by atoms with Gasteiger partial charge < -0.3 is 4.74 Å². The first kappa shape index (κ1) is 12.8. The third-order valence-corrected chi connectivity index (χ3v) is 2.34. The molecule has 9 heteroatoms. The lowest BCUT2D eigenvalue weighted by Gasteiger charge is -2.00. The first-order valence-corrected chi connectivity index (χ1v) is 6.40. The molecule has 0 fully saturated rings. The highest BCUT2D eigenvalue weighted by Gasteiger charge is 2.06. The summed E-state index contributed by atoms with van der Waals surface area (Å²) in [6.45, 7) is -0.622. The van der Waals surface area contributed by atoms with E-state index in [4.69, 9.17) is 9.11 Å². The molecule has 13 heavy (non-hydrogen) atoms. The van der Waals surface area contributed by atoms with Crippen molar-refractivity contribution in [3.05, 3.63) is 0 Å². The second-order valence-corrected chi connectivity index (χ2v) is 5.33. The maximum atomic E-state index is 10.1. The topological polar surface area (TPSA) is 118 Å². The Morgan fingerprint density at radius 1 is 0.846 bits per heavy atom. The summed E-state index contributed by atoms with van der Waals surface area (Å²) in [4.78, 5) is 0. The zero-order valence-electron chi connectivity index (χ0n) is 6.58. The Labute approximate surface area is 76.2 Å². The van der Waals surface area contributed by atoms with Crippen LogP contribution in [0.1, 0.15) is 0 Å². The summed E-state index contributed by atoms with van der Waals surface area (Å²) in [6, 6.07) is 0. The van der Waals surface area contributed by atoms with Crippen LogP contribution >= 0.6 is 0 Å². The van der Waals surface area contributed by atoms with E-state index in [1.54, 1.807) is 0 Å². The maximum absolute atomic E-state index is 10.1. The normalized spacial score (nSPS) is 13.1. The molecule has 0 bridgehead atoms. The molecule has 7 nitrogen and oxygen atoms in total. The van der Waals surface area contributed by atoms with E-state index in [0.29, 0.717) is 0 Å². The smallest absolute Gasteiger partial charge is 0.267 e. The Balaban J connectivity index is 3.50. The molecule has 0 aliphatic carbocycles. The minimum Gasteiger partial charge on any atom is -0.379 e. The largest absolute Gasteiger partial charge is 0.379 e. The zero-order chi connectivity index (χ0) is 10.5. The average Bonchev–Trinajstić information content (AvgIpc) is 1.81. The van der Waals surface area contributed by atoms with Crippen LogP contribution < -0.4 is 0 Å². The van der Waals surface area contributed by atoms with E-state index < -0.39 is 31.7 Å². The van der Waals surface area contributed by atoms with E-state index in [1.807, 2.05) is 0 Å². The van der Waals surface area contributed by atoms with Gasteiger partial charge in [0.1, 0.15) is 0 Å². The van der Waals surface area contributed by atoms with Crippen molar-refractivity contribution in [3.63, 3.8) is 0 Å². The van der Waals surface area contributed by atoms with Gasteiger partial charge >= 0.3 is 0 Å². The van der Waals surface area contributed by atoms with Crippen molar-refractivity contribution in [1.29, 1.82) is 0 Å². The van der Waals surface area contributed by atoms with E-state index in [0.717, 1.165) is 0 Å². The molecular formula is C4H10O7S2. The predicted molar refractivity (Wildman–Crippen MR) is 43.7 cm³/mol. The van der Waals surface area contributed by atoms with Crippen LogP contribution in [0.2, 0.25) is 0 Å². The summed E-state index contributed by atoms with van der Waals surface area (Å²) < 4.78 is 61.3. The summed E-state index contributed by atoms with van der Waals surface area (Å²) in [5, 5.41) is 0. The SMILES string of the molecule is O=S(=O)(O)CCOCCS(=O)(=O)O. The van der Waals surface area contributed by atoms with Crippen LogP contribution in [0.3, 0.4) is 0 Å². The second kappa shape index (κ2) is 4.86. The summed E-state index contributed by atoms with van der Waals surface area (Å²) in [5.74, 6) is -1.20. The first-order valence-electron chi connectivity index (χ1n) is 3.19. The van der Waals surface area contributed by atoms with Crippen LogP contribution in [0.4, 0.5) is 0 Å². The molecule has 0 atom stereocenters. The van der Waals surface area contributed by atoms with Crippen LogP contribution in [0, 0.1) is 0 Å². The quantitative estimate of drug-likeness (QED) is 0.436. The van der Waals surface area contributed by atoms with Crippen LogP contribution in [0.5, 0.6) is 0 Å². The zero-order valence-corrected chi connectivity index (χ0v) is 8.21. The fourth-order valence-corrected chi connectivity index (χ4v) is 1.09. The van der Waals surface area contributed by atoms with Crippen LogP contribution in [0.25, 0.3) is 0 Å². The molecule has 0 unspecified atom stereocenters. The standard InChI is InChI=1S/C4H10O7S2/c5-12(6,7)3-1-11-2-4-13(8,9)10/h1-4H2,(H,5,6,7)(H,8,9,10). The summed E-state index contributed by atoms with van der Waals surface area (Å²) in [6.07, 6.45) is 0. The van der Waals surface area contributed by atoms with E-state index in [2.05, 4.69) is 4.74 Å². The van der Waals surface area contributed by atoms with Crippen molar-refractivity contribution in [3.8, 4) is 0 Å². The van der Waals surface area contributed by atoms with Gasteiger partial charge in [0.25, 0.3) is 20.2 Å². The number of rotatable bonds is 6. The van der Waals surface area contributed by atoms with E-state index >= 15 is 0 Å². The van der Waals surface area contributed by atoms with Gasteiger partial charge in [-0.15, -0.1) is 0 Å². The molecule has 0 radical (unpaired) electrons. The van der Waals surface area contributed by atoms with Gasteiger partial charge in [-0.25, -0.2) is 0 Å². The Morgan fingerprint density at radius 3 is 1.38 bits per heavy atom. The lowest BCUT2D eigenvalue weighted by Crippen LogP contribution is -2.15. The highest BCUT2D eigenvalue weighted by molar-refractivity contribution is 7.86. The number of ether oxygens (including phenoxy) is 1. The highest BCUT2D eigenvalue weighted by atomic mass is 32.2. The molecular weight excluding hydrogens is 224 g/mol. The maximum Gasteiger partial charge on any atom is 0.267 e. The minimum absolute atomic E-state index is 0.311. The van der Waals surface area contributed by atoms with Gasteiger partial charge in [-0.1, -0.05) is 0 Å². The van der Waals surface area contributed by atoms with Crippen molar-refractivity contribution in [2.24, 2.45) is 0 Å². The summed E-state index contributed by atoms with van der Waals surface area (Å²) in [7, 11) is -8.15. The predicted octanol–water partition coefficient (Wildman–Crippen LogP) is -1.22. The first-order chi connectivity index (χ1) is 5.71. The van der Waals surface area contributed by atoms with Gasteiger partial charge in [0, 0.05) is 0 Å². The Morgan fingerprint density at radius 2 is 1.15 bits per heavy atom. The molecule has 0 spiro atoms. The third-order valence-electron chi connectivity index (χ3n) is 0.971. The molecule has 0 aliphatic heterocycles. The monoisotopic (exact) mass is 234 g/mol. The minimum atomic E-state index is -4.08. The fourth-order valence-electron chi connectivity index (χ4n) is 0.431. The van der Waals surface area contributed by atoms with Gasteiger partial charge in [-0.3, -0.25) is 9.11 Å². The van der Waals surface area contributed by atoms with Crippen LogP contribution in [-0.2, 0) is 25.0 Å². The van der Waals surface area contributed by atoms with Gasteiger partial charge in [-0.2, -0.15) is 16.8 Å². The molecule has 0 rings (SSSR count). The molecule has 0 aromatic carbocycles. The second-order valence-electron chi connectivity index (χ2n) is 2.18. The highest BCUT2D eigenvalue weighted by Crippen LogP contribution is 1.86. The Kier molecular flexibility index (Phi) is 4.78. The van der Waals surface area contributed by atoms with Gasteiger partial charge in [-0.05, 0) is 0 Å². The molecule has 80 valence electrons. The van der Waals surface area contributed by atoms with Crippen molar-refractivity contribution in [2.75, 3.05) is 24.7 Å². The molecule has 0 heterocycles. The number of hydrogen-bond acceptors (Lipinski definition) is 5. The molecule has 0 aromatic heterocycles. The van der Waals surface area contributed by atoms with Gasteiger partial charge in [0.2, 0.25) is 0 Å². The van der Waals surface area contributed by atoms with Gasteiger partial charge in [0.05, 0.1) is 24.7 Å². The Hall–Kier alpha value is -0.220. The van der Waals surface area contributed by atoms with Crippen molar-refractivity contribution < 1.29 is 30.7 Å². The lowest BCUT2D eigenvalue weighted by molar-refractivity contribution is 0.162. The molecule has 0 saturated heterocycles. The molecule has 2 N–H and O–H groups in total. The van der Waals surface area contributed by atoms with Crippen molar-refractivity contribution in [1.82, 2.24) is 0 Å². The van der Waals surface area contributed by atoms with Crippen LogP contribution in [0.15, 0.2) is 0 Å². The van der Waals surface area contributed by atoms with Crippen molar-refractivity contribution >= 4 is 20.2 Å². The molecule has 0 aliphatic rings. The summed E-state index contributed by atoms with van der Waals surface area (Å²) in [5.41, 5.74) is 0. The third kappa shape index (κ3) is 11.8. The van der Waals surface area contributed by atoms with E-state index in [1.165, 1.54) is 0 Å². The van der Waals surface area contributed by atoms with E-state index in [-0.39, 0.29) is 13.2 Å². The average molecular weight is 234 g/mol. The molecule has 0 amide bonds. The molecule has 0 saturated carbocycles. The Bertz CT molecular complexity index is 292. The van der Waals surface area contributed by atoms with Gasteiger partial charge in [0.15, 0.2) is 0 Å². The number of hydrogen-bond donors (Lipinski definition) is 2. The summed E-state index contributed by atoms with van der Waals surface area (Å²) >= 11 is 0. The van der Waals surface area contributed by atoms with Crippen molar-refractivity contribution in [2.45, 2.75) is 0 Å². The fraction of sp³-hybridized carbons (Fsp3) is 1.00. The van der Waals surface area contributed by atoms with Crippen LogP contribution in [-0.4, -0.2) is 50.7 Å². The molecule has 0 aromatic rings. The lowest BCUT2D eigenvalue weighted by atomic mass is 10.8. The van der Waals surface area contributed by atoms with E-state index in [9.17, 15) is 16.8 Å².